The number of sulfonamides is 1. The summed E-state index contributed by atoms with van der Waals surface area (Å²) in [5.41, 5.74) is 3.79. The largest absolute Gasteiger partial charge is 0.385 e. The topological polar surface area (TPSA) is 58.2 Å². The van der Waals surface area contributed by atoms with Crippen LogP contribution < -0.4 is 10.0 Å². The van der Waals surface area contributed by atoms with E-state index in [4.69, 9.17) is 0 Å². The molecule has 1 fully saturated rings. The van der Waals surface area contributed by atoms with Gasteiger partial charge in [-0.3, -0.25) is 0 Å². The van der Waals surface area contributed by atoms with Gasteiger partial charge in [0.2, 0.25) is 10.0 Å². The highest BCUT2D eigenvalue weighted by Crippen LogP contribution is 2.27. The van der Waals surface area contributed by atoms with Gasteiger partial charge in [-0.05, 0) is 49.3 Å². The number of rotatable bonds is 5. The molecule has 0 aromatic heterocycles. The van der Waals surface area contributed by atoms with E-state index in [1.54, 1.807) is 0 Å². The lowest BCUT2D eigenvalue weighted by molar-refractivity contribution is 0.580. The number of benzene rings is 1. The van der Waals surface area contributed by atoms with Crippen molar-refractivity contribution in [1.82, 2.24) is 4.72 Å². The first kappa shape index (κ1) is 12.9. The van der Waals surface area contributed by atoms with Crippen LogP contribution in [0.4, 0.5) is 5.69 Å². The zero-order valence-corrected chi connectivity index (χ0v) is 11.8. The van der Waals surface area contributed by atoms with Crippen molar-refractivity contribution >= 4 is 15.7 Å². The van der Waals surface area contributed by atoms with Crippen LogP contribution in [0.3, 0.4) is 0 Å². The Morgan fingerprint density at radius 1 is 1.32 bits per heavy atom. The highest BCUT2D eigenvalue weighted by molar-refractivity contribution is 7.90. The van der Waals surface area contributed by atoms with Crippen LogP contribution in [0.25, 0.3) is 0 Å². The normalized spacial score (nSPS) is 18.7. The second kappa shape index (κ2) is 5.13. The summed E-state index contributed by atoms with van der Waals surface area (Å²) >= 11 is 0. The van der Waals surface area contributed by atoms with Crippen LogP contribution in [-0.2, 0) is 22.9 Å². The minimum absolute atomic E-state index is 0.125. The van der Waals surface area contributed by atoms with Crippen LogP contribution in [-0.4, -0.2) is 26.8 Å². The minimum Gasteiger partial charge on any atom is -0.385 e. The summed E-state index contributed by atoms with van der Waals surface area (Å²) in [6.07, 6.45) is 4.69. The van der Waals surface area contributed by atoms with Crippen LogP contribution in [0, 0.1) is 0 Å². The highest BCUT2D eigenvalue weighted by atomic mass is 32.2. The number of hydrogen-bond acceptors (Lipinski definition) is 3. The Bertz CT molecular complexity index is 565. The van der Waals surface area contributed by atoms with Gasteiger partial charge in [0.1, 0.15) is 0 Å². The fraction of sp³-hybridized carbons (Fsp3) is 0.571. The second-order valence-corrected chi connectivity index (χ2v) is 7.46. The zero-order valence-electron chi connectivity index (χ0n) is 11.0. The average molecular weight is 280 g/mol. The van der Waals surface area contributed by atoms with Crippen molar-refractivity contribution in [2.75, 3.05) is 18.4 Å². The van der Waals surface area contributed by atoms with Crippen molar-refractivity contribution in [3.63, 3.8) is 0 Å². The van der Waals surface area contributed by atoms with Gasteiger partial charge in [-0.1, -0.05) is 12.1 Å². The third-order valence-corrected chi connectivity index (χ3v) is 5.74. The van der Waals surface area contributed by atoms with Gasteiger partial charge in [-0.25, -0.2) is 13.1 Å². The first-order valence-electron chi connectivity index (χ1n) is 6.99. The lowest BCUT2D eigenvalue weighted by Crippen LogP contribution is -2.29. The molecule has 2 aliphatic rings. The Labute approximate surface area is 114 Å². The molecule has 104 valence electrons. The summed E-state index contributed by atoms with van der Waals surface area (Å²) in [5, 5.41) is 3.26. The second-order valence-electron chi connectivity index (χ2n) is 5.41. The van der Waals surface area contributed by atoms with Gasteiger partial charge in [0.15, 0.2) is 0 Å². The van der Waals surface area contributed by atoms with Crippen LogP contribution in [0.2, 0.25) is 0 Å². The number of hydrogen-bond donors (Lipinski definition) is 2. The molecule has 1 aromatic carbocycles. The smallest absolute Gasteiger partial charge is 0.214 e. The van der Waals surface area contributed by atoms with E-state index in [1.165, 1.54) is 23.2 Å². The summed E-state index contributed by atoms with van der Waals surface area (Å²) < 4.78 is 26.1. The molecule has 0 bridgehead atoms. The van der Waals surface area contributed by atoms with Crippen molar-refractivity contribution in [2.24, 2.45) is 0 Å². The van der Waals surface area contributed by atoms with Gasteiger partial charge in [-0.15, -0.1) is 0 Å². The van der Waals surface area contributed by atoms with Gasteiger partial charge in [0.25, 0.3) is 0 Å². The SMILES string of the molecule is O=S(=O)(NCCc1ccc2c(c1)CCCN2)C1CC1. The Balaban J connectivity index is 1.58. The molecule has 0 saturated heterocycles. The lowest BCUT2D eigenvalue weighted by atomic mass is 10.00. The van der Waals surface area contributed by atoms with Gasteiger partial charge in [0.05, 0.1) is 5.25 Å². The molecule has 0 atom stereocenters. The quantitative estimate of drug-likeness (QED) is 0.862. The van der Waals surface area contributed by atoms with Crippen molar-refractivity contribution < 1.29 is 8.42 Å². The fourth-order valence-corrected chi connectivity index (χ4v) is 3.90. The standard InChI is InChI=1S/C14H20N2O2S/c17-19(18,13-4-5-13)16-9-7-11-3-6-14-12(10-11)2-1-8-15-14/h3,6,10,13,15-16H,1-2,4-5,7-9H2. The maximum absolute atomic E-state index is 11.7. The van der Waals surface area contributed by atoms with Gasteiger partial charge in [-0.2, -0.15) is 0 Å². The molecule has 1 aromatic rings. The molecule has 5 heteroatoms. The molecule has 1 saturated carbocycles. The molecule has 0 radical (unpaired) electrons. The van der Waals surface area contributed by atoms with E-state index >= 15 is 0 Å². The summed E-state index contributed by atoms with van der Waals surface area (Å²) in [6, 6.07) is 6.40. The number of aryl methyl sites for hydroxylation is 1. The van der Waals surface area contributed by atoms with E-state index in [0.717, 1.165) is 32.2 Å². The molecule has 0 spiro atoms. The molecule has 3 rings (SSSR count). The Morgan fingerprint density at radius 3 is 2.95 bits per heavy atom. The van der Waals surface area contributed by atoms with E-state index in [0.29, 0.717) is 6.54 Å². The molecule has 4 nitrogen and oxygen atoms in total. The molecule has 2 N–H and O–H groups in total. The van der Waals surface area contributed by atoms with E-state index in [-0.39, 0.29) is 5.25 Å². The van der Waals surface area contributed by atoms with Crippen LogP contribution in [0.1, 0.15) is 30.4 Å². The zero-order chi connectivity index (χ0) is 13.3. The fourth-order valence-electron chi connectivity index (χ4n) is 2.52. The third-order valence-electron chi connectivity index (χ3n) is 3.79. The van der Waals surface area contributed by atoms with Crippen molar-refractivity contribution in [3.05, 3.63) is 29.3 Å². The number of fused-ring (bicyclic) bond motifs is 1. The van der Waals surface area contributed by atoms with E-state index < -0.39 is 10.0 Å². The molecular weight excluding hydrogens is 260 g/mol. The van der Waals surface area contributed by atoms with Gasteiger partial charge < -0.3 is 5.32 Å². The Morgan fingerprint density at radius 2 is 2.16 bits per heavy atom. The predicted octanol–water partition coefficient (Wildman–Crippen LogP) is 1.67. The maximum atomic E-state index is 11.7. The van der Waals surface area contributed by atoms with Crippen molar-refractivity contribution in [3.8, 4) is 0 Å². The molecule has 0 unspecified atom stereocenters. The molecule has 19 heavy (non-hydrogen) atoms. The van der Waals surface area contributed by atoms with E-state index in [9.17, 15) is 8.42 Å². The first-order chi connectivity index (χ1) is 9.15. The molecular formula is C14H20N2O2S. The Kier molecular flexibility index (Phi) is 3.50. The third kappa shape index (κ3) is 3.09. The van der Waals surface area contributed by atoms with E-state index in [2.05, 4.69) is 28.2 Å². The summed E-state index contributed by atoms with van der Waals surface area (Å²) in [4.78, 5) is 0. The maximum Gasteiger partial charge on any atom is 0.214 e. The number of nitrogens with one attached hydrogen (secondary N) is 2. The lowest BCUT2D eigenvalue weighted by Gasteiger charge is -2.18. The number of anilines is 1. The highest BCUT2D eigenvalue weighted by Gasteiger charge is 2.35. The average Bonchev–Trinajstić information content (AvgIpc) is 3.23. The predicted molar refractivity (Wildman–Crippen MR) is 76.9 cm³/mol. The van der Waals surface area contributed by atoms with Crippen LogP contribution in [0.15, 0.2) is 18.2 Å². The Hall–Kier alpha value is -1.07. The molecule has 1 aliphatic heterocycles. The van der Waals surface area contributed by atoms with Crippen LogP contribution in [0.5, 0.6) is 0 Å². The van der Waals surface area contributed by atoms with Crippen LogP contribution >= 0.6 is 0 Å². The molecule has 1 aliphatic carbocycles. The van der Waals surface area contributed by atoms with Gasteiger partial charge in [0, 0.05) is 18.8 Å². The summed E-state index contributed by atoms with van der Waals surface area (Å²) in [7, 11) is -3.04. The molecule has 1 heterocycles. The van der Waals surface area contributed by atoms with Crippen molar-refractivity contribution in [2.45, 2.75) is 37.4 Å². The van der Waals surface area contributed by atoms with E-state index in [1.807, 2.05) is 0 Å². The monoisotopic (exact) mass is 280 g/mol. The minimum atomic E-state index is -3.04. The van der Waals surface area contributed by atoms with Gasteiger partial charge >= 0.3 is 0 Å². The summed E-state index contributed by atoms with van der Waals surface area (Å²) in [6.45, 7) is 1.55. The first-order valence-corrected chi connectivity index (χ1v) is 8.54. The molecule has 0 amide bonds. The summed E-state index contributed by atoms with van der Waals surface area (Å²) in [5.74, 6) is 0. The van der Waals surface area contributed by atoms with Crippen molar-refractivity contribution in [1.29, 1.82) is 0 Å².